The molecular weight excluding hydrogens is 220 g/mol. The Morgan fingerprint density at radius 1 is 0.824 bits per heavy atom. The summed E-state index contributed by atoms with van der Waals surface area (Å²) in [5.74, 6) is 0.418. The van der Waals surface area contributed by atoms with E-state index in [0.29, 0.717) is 29.1 Å². The minimum Gasteiger partial charge on any atom is -0.481 e. The quantitative estimate of drug-likeness (QED) is 0.740. The summed E-state index contributed by atoms with van der Waals surface area (Å²) >= 11 is 0. The lowest BCUT2D eigenvalue weighted by molar-refractivity contribution is -0.526. The van der Waals surface area contributed by atoms with Crippen LogP contribution in [-0.4, -0.2) is 22.2 Å². The van der Waals surface area contributed by atoms with Crippen molar-refractivity contribution in [1.29, 1.82) is 0 Å². The van der Waals surface area contributed by atoms with Crippen LogP contribution in [-0.2, 0) is 9.59 Å². The van der Waals surface area contributed by atoms with Gasteiger partial charge in [0, 0.05) is 0 Å². The van der Waals surface area contributed by atoms with E-state index in [0.717, 1.165) is 5.92 Å². The number of aliphatic carboxylic acids is 2. The smallest absolute Gasteiger partial charge is 0.307 e. The third kappa shape index (κ3) is 0.526. The van der Waals surface area contributed by atoms with Gasteiger partial charge in [0.1, 0.15) is 0 Å². The summed E-state index contributed by atoms with van der Waals surface area (Å²) < 4.78 is 0. The third-order valence-corrected chi connectivity index (χ3v) is 7.32. The Bertz CT molecular complexity index is 478. The molecule has 90 valence electrons. The number of rotatable bonds is 2. The molecule has 0 radical (unpaired) electrons. The monoisotopic (exact) mass is 234 g/mol. The maximum absolute atomic E-state index is 11.4. The molecule has 6 fully saturated rings. The second-order valence-electron chi connectivity index (χ2n) is 6.98. The highest BCUT2D eigenvalue weighted by Gasteiger charge is 2.96. The Morgan fingerprint density at radius 2 is 1.24 bits per heavy atom. The third-order valence-electron chi connectivity index (χ3n) is 7.32. The number of carboxylic acid groups (broad SMARTS) is 2. The van der Waals surface area contributed by atoms with E-state index in [4.69, 9.17) is 0 Å². The molecule has 2 N–H and O–H groups in total. The zero-order valence-electron chi connectivity index (χ0n) is 9.41. The predicted molar refractivity (Wildman–Crippen MR) is 54.8 cm³/mol. The van der Waals surface area contributed by atoms with Crippen molar-refractivity contribution in [2.24, 2.45) is 58.7 Å². The van der Waals surface area contributed by atoms with Gasteiger partial charge >= 0.3 is 11.9 Å². The Kier molecular flexibility index (Phi) is 1.06. The van der Waals surface area contributed by atoms with Crippen LogP contribution in [0, 0.1) is 58.7 Å². The summed E-state index contributed by atoms with van der Waals surface area (Å²) in [5, 5.41) is 18.7. The van der Waals surface area contributed by atoms with Crippen molar-refractivity contribution in [3.8, 4) is 0 Å². The summed E-state index contributed by atoms with van der Waals surface area (Å²) in [6.45, 7) is 2.30. The van der Waals surface area contributed by atoms with Crippen molar-refractivity contribution in [3.05, 3.63) is 0 Å². The Hall–Kier alpha value is -1.06. The highest BCUT2D eigenvalue weighted by Crippen LogP contribution is 2.98. The minimum atomic E-state index is -0.873. The molecule has 0 spiro atoms. The molecule has 0 aromatic carbocycles. The number of fused-ring (bicyclic) bond motifs is 1. The first-order valence-electron chi connectivity index (χ1n) is 6.47. The second kappa shape index (κ2) is 2.02. The van der Waals surface area contributed by atoms with Crippen LogP contribution in [0.1, 0.15) is 6.92 Å². The number of hydrogen-bond donors (Lipinski definition) is 2. The standard InChI is InChI=1S/C13H14O4/c1-13-8-5-2-3(11(14)15)4(12(16)17)7(9(5)13)10(13)6(2)8/h2-10H,1H3,(H,14,15)(H,16,17)/t2?,3-,4-,5-,6-,7?,8?,9+,10+,13?/m1/s1. The molecule has 17 heavy (non-hydrogen) atoms. The van der Waals surface area contributed by atoms with E-state index in [1.165, 1.54) is 0 Å². The van der Waals surface area contributed by atoms with Crippen molar-refractivity contribution in [2.75, 3.05) is 0 Å². The van der Waals surface area contributed by atoms with E-state index < -0.39 is 23.8 Å². The lowest BCUT2D eigenvalue weighted by Gasteiger charge is -2.99. The SMILES string of the molecule is CC12C3[C@H]4C5[C@H]3[C@H]1C([C@H]42)[C@H](C(=O)O)[C@@H]5C(=O)O. The van der Waals surface area contributed by atoms with Crippen molar-refractivity contribution in [2.45, 2.75) is 6.92 Å². The molecule has 6 rings (SSSR count). The lowest BCUT2D eigenvalue weighted by atomic mass is 9.04. The van der Waals surface area contributed by atoms with Gasteiger partial charge in [0.15, 0.2) is 0 Å². The summed E-state index contributed by atoms with van der Waals surface area (Å²) in [6, 6.07) is 0. The fourth-order valence-corrected chi connectivity index (χ4v) is 7.35. The van der Waals surface area contributed by atoms with Crippen LogP contribution in [0.3, 0.4) is 0 Å². The molecule has 4 heteroatoms. The molecule has 0 unspecified atom stereocenters. The number of hydrogen-bond acceptors (Lipinski definition) is 2. The van der Waals surface area contributed by atoms with Gasteiger partial charge in [-0.2, -0.15) is 0 Å². The molecule has 0 saturated heterocycles. The molecule has 0 heterocycles. The van der Waals surface area contributed by atoms with Crippen molar-refractivity contribution < 1.29 is 19.8 Å². The van der Waals surface area contributed by atoms with E-state index >= 15 is 0 Å². The summed E-state index contributed by atoms with van der Waals surface area (Å²) in [6.07, 6.45) is 0. The molecule has 6 aliphatic rings. The minimum absolute atomic E-state index is 0.184. The molecule has 0 aromatic heterocycles. The van der Waals surface area contributed by atoms with Gasteiger partial charge in [-0.1, -0.05) is 6.92 Å². The second-order valence-corrected chi connectivity index (χ2v) is 6.98. The van der Waals surface area contributed by atoms with E-state index in [1.807, 2.05) is 0 Å². The van der Waals surface area contributed by atoms with Crippen LogP contribution in [0.25, 0.3) is 0 Å². The maximum Gasteiger partial charge on any atom is 0.307 e. The van der Waals surface area contributed by atoms with E-state index in [-0.39, 0.29) is 11.8 Å². The van der Waals surface area contributed by atoms with Crippen molar-refractivity contribution >= 4 is 11.9 Å². The lowest BCUT2D eigenvalue weighted by Crippen LogP contribution is -2.97. The average Bonchev–Trinajstić information content (AvgIpc) is 2.24. The number of carboxylic acids is 2. The first-order valence-corrected chi connectivity index (χ1v) is 6.47. The first kappa shape index (κ1) is 8.95. The molecule has 6 saturated carbocycles. The van der Waals surface area contributed by atoms with E-state index in [9.17, 15) is 19.8 Å². The zero-order chi connectivity index (χ0) is 11.9. The van der Waals surface area contributed by atoms with Gasteiger partial charge in [-0.25, -0.2) is 0 Å². The van der Waals surface area contributed by atoms with Gasteiger partial charge in [0.25, 0.3) is 0 Å². The van der Waals surface area contributed by atoms with Gasteiger partial charge in [-0.3, -0.25) is 9.59 Å². The Balaban J connectivity index is 1.63. The molecular formula is C13H14O4. The van der Waals surface area contributed by atoms with Gasteiger partial charge in [0.05, 0.1) is 11.8 Å². The summed E-state index contributed by atoms with van der Waals surface area (Å²) in [5.41, 5.74) is 0.424. The van der Waals surface area contributed by atoms with Crippen molar-refractivity contribution in [1.82, 2.24) is 0 Å². The molecule has 4 nitrogen and oxygen atoms in total. The largest absolute Gasteiger partial charge is 0.481 e. The highest BCUT2D eigenvalue weighted by atomic mass is 16.4. The van der Waals surface area contributed by atoms with E-state index in [2.05, 4.69) is 6.92 Å². The van der Waals surface area contributed by atoms with E-state index in [1.54, 1.807) is 0 Å². The molecule has 0 aromatic rings. The van der Waals surface area contributed by atoms with Gasteiger partial charge in [-0.05, 0) is 46.8 Å². The Morgan fingerprint density at radius 3 is 1.71 bits per heavy atom. The van der Waals surface area contributed by atoms with Gasteiger partial charge < -0.3 is 10.2 Å². The predicted octanol–water partition coefficient (Wildman–Crippen LogP) is 0.776. The topological polar surface area (TPSA) is 74.6 Å². The molecule has 0 amide bonds. The highest BCUT2D eigenvalue weighted by molar-refractivity contribution is 5.83. The summed E-state index contributed by atoms with van der Waals surface area (Å²) in [7, 11) is 0. The van der Waals surface area contributed by atoms with Crippen LogP contribution in [0.15, 0.2) is 0 Å². The molecule has 0 aliphatic heterocycles. The number of carbonyl (C=O) groups is 2. The van der Waals surface area contributed by atoms with Crippen LogP contribution in [0.5, 0.6) is 0 Å². The fraction of sp³-hybridized carbons (Fsp3) is 0.846. The van der Waals surface area contributed by atoms with Crippen LogP contribution in [0.2, 0.25) is 0 Å². The maximum atomic E-state index is 11.4. The molecule has 6 aliphatic carbocycles. The Labute approximate surface area is 98.0 Å². The summed E-state index contributed by atoms with van der Waals surface area (Å²) in [4.78, 5) is 22.8. The average molecular weight is 234 g/mol. The fourth-order valence-electron chi connectivity index (χ4n) is 7.35. The van der Waals surface area contributed by atoms with Crippen LogP contribution >= 0.6 is 0 Å². The van der Waals surface area contributed by atoms with Gasteiger partial charge in [0.2, 0.25) is 0 Å². The normalized spacial score (nSPS) is 71.2. The van der Waals surface area contributed by atoms with Crippen LogP contribution in [0.4, 0.5) is 0 Å². The first-order chi connectivity index (χ1) is 8.01. The van der Waals surface area contributed by atoms with Crippen LogP contribution < -0.4 is 0 Å². The zero-order valence-corrected chi connectivity index (χ0v) is 9.41. The van der Waals surface area contributed by atoms with Gasteiger partial charge in [-0.15, -0.1) is 0 Å². The molecule has 6 atom stereocenters. The molecule has 2 bridgehead atoms. The van der Waals surface area contributed by atoms with Crippen molar-refractivity contribution in [3.63, 3.8) is 0 Å².